The molecule has 4 aliphatic rings. The van der Waals surface area contributed by atoms with Crippen LogP contribution in [-0.2, 0) is 4.74 Å². The smallest absolute Gasteiger partial charge is 0.319 e. The van der Waals surface area contributed by atoms with Crippen LogP contribution in [0.1, 0.15) is 43.4 Å². The number of H-pyrrole nitrogens is 1. The van der Waals surface area contributed by atoms with E-state index >= 15 is 4.39 Å². The number of halogens is 3. The minimum atomic E-state index is -0.897. The number of nitrogens with one attached hydrogen (secondary N) is 1. The molecular formula is C30H29ClF2N8O2. The van der Waals surface area contributed by atoms with Crippen LogP contribution in [0.3, 0.4) is 0 Å². The van der Waals surface area contributed by atoms with Crippen molar-refractivity contribution in [3.63, 3.8) is 0 Å². The summed E-state index contributed by atoms with van der Waals surface area (Å²) in [4.78, 5) is 18.2. The lowest BCUT2D eigenvalue weighted by atomic mass is 9.95. The van der Waals surface area contributed by atoms with Crippen LogP contribution in [0.15, 0.2) is 12.3 Å². The summed E-state index contributed by atoms with van der Waals surface area (Å²) in [5.74, 6) is -0.146. The lowest BCUT2D eigenvalue weighted by Crippen LogP contribution is -2.44. The molecule has 4 atom stereocenters. The van der Waals surface area contributed by atoms with E-state index in [-0.39, 0.29) is 41.7 Å². The number of ether oxygens (including phenoxy) is 2. The molecule has 4 saturated heterocycles. The summed E-state index contributed by atoms with van der Waals surface area (Å²) in [6, 6.07) is 3.77. The number of rotatable bonds is 5. The zero-order valence-electron chi connectivity index (χ0n) is 23.5. The molecule has 0 aliphatic carbocycles. The number of fused-ring (bicyclic) bond motifs is 5. The van der Waals surface area contributed by atoms with Gasteiger partial charge in [0.2, 0.25) is 0 Å². The number of benzene rings is 1. The number of anilines is 1. The molecule has 10 nitrogen and oxygen atoms in total. The average molecular weight is 607 g/mol. The second kappa shape index (κ2) is 9.94. The summed E-state index contributed by atoms with van der Waals surface area (Å²) in [5, 5.41) is 17.9. The molecule has 1 N–H and O–H groups in total. The molecule has 0 amide bonds. The zero-order valence-corrected chi connectivity index (χ0v) is 24.3. The summed E-state index contributed by atoms with van der Waals surface area (Å²) >= 11 is 6.53. The van der Waals surface area contributed by atoms with Crippen molar-refractivity contribution in [2.24, 2.45) is 0 Å². The average Bonchev–Trinajstić information content (AvgIpc) is 3.75. The molecule has 2 bridgehead atoms. The normalized spacial score (nSPS) is 26.9. The third kappa shape index (κ3) is 4.24. The Kier molecular flexibility index (Phi) is 6.22. The van der Waals surface area contributed by atoms with Gasteiger partial charge >= 0.3 is 6.01 Å². The Morgan fingerprint density at radius 2 is 2.07 bits per heavy atom. The first-order valence-electron chi connectivity index (χ1n) is 14.7. The number of hydrogen-bond acceptors (Lipinski definition) is 9. The molecule has 4 aliphatic heterocycles. The van der Waals surface area contributed by atoms with E-state index in [2.05, 4.69) is 36.0 Å². The molecule has 222 valence electrons. The highest BCUT2D eigenvalue weighted by Gasteiger charge is 2.49. The Labute approximate surface area is 250 Å². The molecule has 7 heterocycles. The first-order chi connectivity index (χ1) is 20.8. The van der Waals surface area contributed by atoms with Crippen LogP contribution in [0.25, 0.3) is 33.1 Å². The van der Waals surface area contributed by atoms with Crippen LogP contribution in [-0.4, -0.2) is 86.8 Å². The van der Waals surface area contributed by atoms with Gasteiger partial charge in [0.25, 0.3) is 0 Å². The molecule has 2 unspecified atom stereocenters. The van der Waals surface area contributed by atoms with Crippen LogP contribution in [0.4, 0.5) is 14.6 Å². The number of nitriles is 1. The maximum absolute atomic E-state index is 16.8. The fourth-order valence-corrected chi connectivity index (χ4v) is 7.77. The lowest BCUT2D eigenvalue weighted by Gasteiger charge is -2.34. The number of aromatic amines is 1. The number of alkyl halides is 1. The van der Waals surface area contributed by atoms with Crippen molar-refractivity contribution in [2.75, 3.05) is 37.7 Å². The van der Waals surface area contributed by atoms with E-state index in [0.29, 0.717) is 64.3 Å². The first kappa shape index (κ1) is 26.9. The van der Waals surface area contributed by atoms with Gasteiger partial charge in [-0.25, -0.2) is 8.78 Å². The van der Waals surface area contributed by atoms with E-state index in [1.165, 1.54) is 0 Å². The van der Waals surface area contributed by atoms with E-state index in [1.807, 2.05) is 0 Å². The maximum Gasteiger partial charge on any atom is 0.319 e. The summed E-state index contributed by atoms with van der Waals surface area (Å²) in [7, 11) is 0. The van der Waals surface area contributed by atoms with Crippen LogP contribution < -0.4 is 9.64 Å². The van der Waals surface area contributed by atoms with Gasteiger partial charge in [-0.1, -0.05) is 11.6 Å². The monoisotopic (exact) mass is 606 g/mol. The number of morpholine rings is 1. The van der Waals surface area contributed by atoms with Gasteiger partial charge in [0.15, 0.2) is 11.5 Å². The SMILES string of the molecule is Cc1c(Cl)cc2[nH]nc(C#N)c2c1-c1ncc2c(N3CC4CCC(C3)O4)nc(OC[C@@]34CCCN3C[C@H](F)C4)nc2c1F. The van der Waals surface area contributed by atoms with E-state index < -0.39 is 17.5 Å². The molecule has 3 aromatic heterocycles. The van der Waals surface area contributed by atoms with Crippen molar-refractivity contribution in [2.45, 2.75) is 62.9 Å². The molecule has 4 fully saturated rings. The Hall–Kier alpha value is -3.66. The zero-order chi connectivity index (χ0) is 29.5. The van der Waals surface area contributed by atoms with Crippen molar-refractivity contribution < 1.29 is 18.3 Å². The standard InChI is InChI=1S/C30H29ClF2N8O2/c1-15-20(31)7-21-24(22(9-34)39-38-21)23(15)27-25(33)26-19(10-35-27)28(40-12-17-3-4-18(13-40)43-17)37-29(36-26)42-14-30-5-2-6-41(30)11-16(32)8-30/h7,10,16-18H,2-6,8,11-14H2,1H3,(H,38,39)/t16-,17?,18?,30+/m1/s1. The van der Waals surface area contributed by atoms with Gasteiger partial charge in [-0.3, -0.25) is 15.0 Å². The fraction of sp³-hybridized carbons (Fsp3) is 0.500. The number of nitrogens with zero attached hydrogens (tertiary/aromatic N) is 7. The van der Waals surface area contributed by atoms with Gasteiger partial charge in [-0.2, -0.15) is 20.3 Å². The quantitative estimate of drug-likeness (QED) is 0.340. The molecule has 4 aromatic rings. The van der Waals surface area contributed by atoms with Crippen LogP contribution in [0.2, 0.25) is 5.02 Å². The van der Waals surface area contributed by atoms with Gasteiger partial charge in [0.1, 0.15) is 35.9 Å². The topological polar surface area (TPSA) is 116 Å². The van der Waals surface area contributed by atoms with Gasteiger partial charge in [-0.15, -0.1) is 0 Å². The van der Waals surface area contributed by atoms with Crippen molar-refractivity contribution >= 4 is 39.2 Å². The summed E-state index contributed by atoms with van der Waals surface area (Å²) in [6.45, 7) is 4.44. The van der Waals surface area contributed by atoms with Gasteiger partial charge in [-0.05, 0) is 50.8 Å². The Balaban J connectivity index is 1.28. The molecular weight excluding hydrogens is 578 g/mol. The highest BCUT2D eigenvalue weighted by Crippen LogP contribution is 2.42. The van der Waals surface area contributed by atoms with Gasteiger partial charge in [0.05, 0.1) is 28.6 Å². The van der Waals surface area contributed by atoms with E-state index in [1.54, 1.807) is 19.2 Å². The predicted octanol–water partition coefficient (Wildman–Crippen LogP) is 4.86. The predicted molar refractivity (Wildman–Crippen MR) is 155 cm³/mol. The summed E-state index contributed by atoms with van der Waals surface area (Å²) < 4.78 is 43.5. The second-order valence-corrected chi connectivity index (χ2v) is 12.6. The molecule has 8 rings (SSSR count). The minimum absolute atomic E-state index is 0.00433. The molecule has 13 heteroatoms. The number of pyridine rings is 1. The number of aromatic nitrogens is 5. The molecule has 43 heavy (non-hydrogen) atoms. The third-order valence-corrected chi connectivity index (χ3v) is 10.0. The van der Waals surface area contributed by atoms with Crippen LogP contribution in [0, 0.1) is 24.1 Å². The van der Waals surface area contributed by atoms with E-state index in [4.69, 9.17) is 26.1 Å². The highest BCUT2D eigenvalue weighted by atomic mass is 35.5. The Morgan fingerprint density at radius 3 is 2.86 bits per heavy atom. The number of hydrogen-bond donors (Lipinski definition) is 1. The lowest BCUT2D eigenvalue weighted by molar-refractivity contribution is 0.0302. The minimum Gasteiger partial charge on any atom is -0.461 e. The first-order valence-corrected chi connectivity index (χ1v) is 15.1. The van der Waals surface area contributed by atoms with Crippen molar-refractivity contribution in [1.82, 2.24) is 30.0 Å². The molecule has 0 radical (unpaired) electrons. The Morgan fingerprint density at radius 1 is 1.26 bits per heavy atom. The summed E-state index contributed by atoms with van der Waals surface area (Å²) in [5.41, 5.74) is 1.21. The second-order valence-electron chi connectivity index (χ2n) is 12.2. The summed E-state index contributed by atoms with van der Waals surface area (Å²) in [6.07, 6.45) is 4.96. The van der Waals surface area contributed by atoms with Crippen LogP contribution >= 0.6 is 11.6 Å². The Bertz CT molecular complexity index is 1820. The van der Waals surface area contributed by atoms with Crippen molar-refractivity contribution in [1.29, 1.82) is 5.26 Å². The fourth-order valence-electron chi connectivity index (χ4n) is 7.57. The van der Waals surface area contributed by atoms with Gasteiger partial charge in [0, 0.05) is 48.2 Å². The third-order valence-electron chi connectivity index (χ3n) is 9.61. The van der Waals surface area contributed by atoms with Crippen molar-refractivity contribution in [3.8, 4) is 23.3 Å². The van der Waals surface area contributed by atoms with E-state index in [9.17, 15) is 9.65 Å². The van der Waals surface area contributed by atoms with Gasteiger partial charge < -0.3 is 14.4 Å². The van der Waals surface area contributed by atoms with Crippen LogP contribution in [0.5, 0.6) is 6.01 Å². The largest absolute Gasteiger partial charge is 0.461 e. The molecule has 0 saturated carbocycles. The molecule has 1 aromatic carbocycles. The highest BCUT2D eigenvalue weighted by molar-refractivity contribution is 6.33. The van der Waals surface area contributed by atoms with E-state index in [0.717, 1.165) is 32.2 Å². The maximum atomic E-state index is 16.8. The molecule has 0 spiro atoms. The van der Waals surface area contributed by atoms with Crippen molar-refractivity contribution in [3.05, 3.63) is 34.4 Å².